The smallest absolute Gasteiger partial charge is 0.255 e. The highest BCUT2D eigenvalue weighted by molar-refractivity contribution is 6.24. The number of morpholine rings is 1. The van der Waals surface area contributed by atoms with Crippen LogP contribution >= 0.6 is 0 Å². The fourth-order valence-electron chi connectivity index (χ4n) is 6.56. The molecule has 12 nitrogen and oxygen atoms in total. The van der Waals surface area contributed by atoms with Crippen LogP contribution in [-0.4, -0.2) is 90.7 Å². The van der Waals surface area contributed by atoms with Crippen LogP contribution < -0.4 is 5.73 Å². The number of primary amides is 1. The van der Waals surface area contributed by atoms with Crippen molar-refractivity contribution in [3.63, 3.8) is 0 Å². The molecule has 12 heteroatoms. The molecule has 1 saturated heterocycles. The summed E-state index contributed by atoms with van der Waals surface area (Å²) in [4.78, 5) is 48.8. The van der Waals surface area contributed by atoms with Gasteiger partial charge in [0.05, 0.1) is 24.8 Å². The number of benzene rings is 1. The second-order valence-corrected chi connectivity index (χ2v) is 10.1. The predicted molar refractivity (Wildman–Crippen MR) is 131 cm³/mol. The van der Waals surface area contributed by atoms with E-state index in [9.17, 15) is 34.8 Å². The summed E-state index contributed by atoms with van der Waals surface area (Å²) in [6.45, 7) is 1.22. The number of ketones is 2. The summed E-state index contributed by atoms with van der Waals surface area (Å²) < 4.78 is 5.39. The van der Waals surface area contributed by atoms with E-state index in [2.05, 4.69) is 9.97 Å². The maximum absolute atomic E-state index is 14.0. The van der Waals surface area contributed by atoms with Gasteiger partial charge in [0, 0.05) is 42.5 Å². The summed E-state index contributed by atoms with van der Waals surface area (Å²) in [6, 6.07) is 1.90. The topological polar surface area (TPSA) is 199 Å². The number of fused-ring (bicyclic) bond motifs is 3. The zero-order valence-electron chi connectivity index (χ0n) is 20.2. The molecular weight excluding hydrogens is 496 g/mol. The molecule has 2 fully saturated rings. The molecule has 3 aliphatic carbocycles. The fourth-order valence-corrected chi connectivity index (χ4v) is 6.56. The number of phenolic OH excluding ortho intramolecular Hbond substituents is 1. The summed E-state index contributed by atoms with van der Waals surface area (Å²) in [7, 11) is 0. The number of hydrogen-bond donors (Lipinski definition) is 6. The number of aromatic hydroxyl groups is 1. The van der Waals surface area contributed by atoms with Gasteiger partial charge in [-0.05, 0) is 36.5 Å². The highest BCUT2D eigenvalue weighted by Crippen LogP contribution is 2.53. The number of aromatic amines is 1. The van der Waals surface area contributed by atoms with Crippen LogP contribution in [0.2, 0.25) is 0 Å². The third kappa shape index (κ3) is 3.20. The van der Waals surface area contributed by atoms with Crippen LogP contribution in [0.1, 0.15) is 17.5 Å². The molecule has 1 aromatic carbocycles. The fraction of sp³-hybridized carbons (Fsp3) is 0.385. The van der Waals surface area contributed by atoms with E-state index in [1.807, 2.05) is 0 Å². The molecule has 1 amide bonds. The molecule has 0 radical (unpaired) electrons. The minimum atomic E-state index is -2.67. The van der Waals surface area contributed by atoms with Crippen molar-refractivity contribution in [3.05, 3.63) is 52.6 Å². The van der Waals surface area contributed by atoms with Crippen LogP contribution in [0.15, 0.2) is 41.4 Å². The first kappa shape index (κ1) is 24.3. The monoisotopic (exact) mass is 522 g/mol. The number of nitrogens with two attached hydrogens (primary N) is 1. The van der Waals surface area contributed by atoms with Gasteiger partial charge in [-0.1, -0.05) is 0 Å². The van der Waals surface area contributed by atoms with Crippen molar-refractivity contribution in [2.75, 3.05) is 26.3 Å². The highest BCUT2D eigenvalue weighted by Gasteiger charge is 2.64. The van der Waals surface area contributed by atoms with Crippen LogP contribution in [-0.2, 0) is 25.5 Å². The number of carbonyl (C=O) groups excluding carboxylic acids is 3. The van der Waals surface area contributed by atoms with Crippen molar-refractivity contribution >= 4 is 23.2 Å². The number of nitrogens with one attached hydrogen (secondary N) is 1. The van der Waals surface area contributed by atoms with Gasteiger partial charge >= 0.3 is 0 Å². The largest absolute Gasteiger partial charge is 0.508 e. The lowest BCUT2D eigenvalue weighted by molar-refractivity contribution is -0.157. The lowest BCUT2D eigenvalue weighted by Crippen LogP contribution is -2.67. The molecule has 2 heterocycles. The van der Waals surface area contributed by atoms with E-state index >= 15 is 0 Å². The average molecular weight is 523 g/mol. The Kier molecular flexibility index (Phi) is 5.45. The molecule has 1 saturated carbocycles. The minimum Gasteiger partial charge on any atom is -0.508 e. The van der Waals surface area contributed by atoms with Crippen LogP contribution in [0, 0.1) is 11.8 Å². The number of rotatable bonds is 3. The molecule has 7 N–H and O–H groups in total. The first-order valence-electron chi connectivity index (χ1n) is 12.3. The van der Waals surface area contributed by atoms with Crippen molar-refractivity contribution < 1.29 is 39.5 Å². The molecule has 1 aliphatic heterocycles. The van der Waals surface area contributed by atoms with Gasteiger partial charge < -0.3 is 35.9 Å². The number of hydrogen-bond acceptors (Lipinski definition) is 10. The normalized spacial score (nSPS) is 29.7. The van der Waals surface area contributed by atoms with Gasteiger partial charge in [-0.15, -0.1) is 0 Å². The van der Waals surface area contributed by atoms with Crippen LogP contribution in [0.3, 0.4) is 0 Å². The van der Waals surface area contributed by atoms with Gasteiger partial charge in [0.25, 0.3) is 5.91 Å². The number of carbonyl (C=O) groups is 3. The third-order valence-electron chi connectivity index (χ3n) is 8.24. The zero-order chi connectivity index (χ0) is 26.9. The SMILES string of the molecule is NC(=O)C1=C(O)[C@@]2(O)C(=O)C3=C(O)c4c(O)ccc(-c5ncc[nH]5)c4C[C@H]3C[C@H]2[C@@H](N2CCOCC2)C1=O. The average Bonchev–Trinajstić information content (AvgIpc) is 3.41. The van der Waals surface area contributed by atoms with E-state index in [-0.39, 0.29) is 29.7 Å². The number of phenols is 1. The van der Waals surface area contributed by atoms with E-state index in [4.69, 9.17) is 10.5 Å². The number of H-pyrrole nitrogens is 1. The van der Waals surface area contributed by atoms with Gasteiger partial charge in [0.1, 0.15) is 28.7 Å². The van der Waals surface area contributed by atoms with Crippen molar-refractivity contribution in [1.29, 1.82) is 0 Å². The molecular formula is C26H26N4O8. The summed E-state index contributed by atoms with van der Waals surface area (Å²) in [5, 5.41) is 44.9. The number of amides is 1. The lowest BCUT2D eigenvalue weighted by Gasteiger charge is -2.51. The van der Waals surface area contributed by atoms with E-state index in [0.29, 0.717) is 43.3 Å². The van der Waals surface area contributed by atoms with Gasteiger partial charge in [-0.25, -0.2) is 4.98 Å². The van der Waals surface area contributed by atoms with Gasteiger partial charge in [0.15, 0.2) is 11.4 Å². The van der Waals surface area contributed by atoms with E-state index in [1.165, 1.54) is 6.07 Å². The number of aromatic nitrogens is 2. The molecule has 0 bridgehead atoms. The van der Waals surface area contributed by atoms with Gasteiger partial charge in [0.2, 0.25) is 5.78 Å². The Labute approximate surface area is 216 Å². The second kappa shape index (κ2) is 8.51. The Hall–Kier alpha value is -4.00. The lowest BCUT2D eigenvalue weighted by atomic mass is 9.57. The molecule has 4 aliphatic rings. The molecule has 6 rings (SSSR count). The molecule has 2 aromatic rings. The molecule has 4 atom stereocenters. The first-order chi connectivity index (χ1) is 18.2. The molecule has 1 aromatic heterocycles. The number of aliphatic hydroxyl groups is 3. The van der Waals surface area contributed by atoms with Crippen molar-refractivity contribution in [2.45, 2.75) is 24.5 Å². The molecule has 0 unspecified atom stereocenters. The second-order valence-electron chi connectivity index (χ2n) is 10.1. The summed E-state index contributed by atoms with van der Waals surface area (Å²) in [6.07, 6.45) is 3.41. The minimum absolute atomic E-state index is 0.0239. The maximum Gasteiger partial charge on any atom is 0.255 e. The number of ether oxygens (including phenoxy) is 1. The number of imidazole rings is 1. The molecule has 0 spiro atoms. The number of Topliss-reactive ketones (excluding diaryl/α,β-unsaturated/α-hetero) is 2. The standard InChI is InChI=1S/C26H26N4O8/c27-24(36)18-21(33)19(30-5-7-38-8-6-30)14-10-11-9-13-12(25-28-3-4-29-25)1-2-15(31)17(13)20(32)16(11)22(34)26(14,37)23(18)35/h1-4,11,14,19,31-32,35,37H,5-10H2,(H2,27,36)(H,28,29)/t11-,14-,19+,26-/m0/s1. The Morgan fingerprint density at radius 2 is 1.92 bits per heavy atom. The first-order valence-corrected chi connectivity index (χ1v) is 12.3. The summed E-state index contributed by atoms with van der Waals surface area (Å²) in [5.41, 5.74) is 2.92. The Balaban J connectivity index is 1.55. The third-order valence-corrected chi connectivity index (χ3v) is 8.24. The van der Waals surface area contributed by atoms with Gasteiger partial charge in [-0.3, -0.25) is 19.3 Å². The number of nitrogens with zero attached hydrogens (tertiary/aromatic N) is 2. The highest BCUT2D eigenvalue weighted by atomic mass is 16.5. The summed E-state index contributed by atoms with van der Waals surface area (Å²) >= 11 is 0. The van der Waals surface area contributed by atoms with E-state index < -0.39 is 58.0 Å². The van der Waals surface area contributed by atoms with Crippen LogP contribution in [0.5, 0.6) is 5.75 Å². The van der Waals surface area contributed by atoms with Crippen molar-refractivity contribution in [2.24, 2.45) is 17.6 Å². The van der Waals surface area contributed by atoms with E-state index in [0.717, 1.165) is 0 Å². The Morgan fingerprint density at radius 1 is 1.18 bits per heavy atom. The van der Waals surface area contributed by atoms with Crippen molar-refractivity contribution in [1.82, 2.24) is 14.9 Å². The zero-order valence-corrected chi connectivity index (χ0v) is 20.2. The Bertz CT molecular complexity index is 1440. The van der Waals surface area contributed by atoms with Crippen LogP contribution in [0.25, 0.3) is 17.1 Å². The summed E-state index contributed by atoms with van der Waals surface area (Å²) in [5.74, 6) is -6.26. The predicted octanol–water partition coefficient (Wildman–Crippen LogP) is 0.125. The molecule has 198 valence electrons. The van der Waals surface area contributed by atoms with Crippen molar-refractivity contribution in [3.8, 4) is 17.1 Å². The van der Waals surface area contributed by atoms with Crippen LogP contribution in [0.4, 0.5) is 0 Å². The quantitative estimate of drug-likeness (QED) is 0.301. The molecule has 38 heavy (non-hydrogen) atoms. The maximum atomic E-state index is 14.0. The van der Waals surface area contributed by atoms with E-state index in [1.54, 1.807) is 23.4 Å². The number of aliphatic hydroxyl groups excluding tert-OH is 2. The van der Waals surface area contributed by atoms with Gasteiger partial charge in [-0.2, -0.15) is 0 Å². The Morgan fingerprint density at radius 3 is 2.58 bits per heavy atom.